The summed E-state index contributed by atoms with van der Waals surface area (Å²) in [4.78, 5) is 0. The topological polar surface area (TPSA) is 12.0 Å². The zero-order valence-corrected chi connectivity index (χ0v) is 14.7. The van der Waals surface area contributed by atoms with E-state index in [2.05, 4.69) is 82.4 Å². The molecule has 0 aliphatic rings. The maximum atomic E-state index is 3.61. The van der Waals surface area contributed by atoms with E-state index >= 15 is 0 Å². The van der Waals surface area contributed by atoms with Crippen LogP contribution in [0.2, 0.25) is 0 Å². The van der Waals surface area contributed by atoms with Crippen molar-refractivity contribution in [3.05, 3.63) is 32.7 Å². The summed E-state index contributed by atoms with van der Waals surface area (Å²) in [5.41, 5.74) is 1.30. The van der Waals surface area contributed by atoms with E-state index < -0.39 is 0 Å². The van der Waals surface area contributed by atoms with Gasteiger partial charge in [-0.3, -0.25) is 0 Å². The summed E-state index contributed by atoms with van der Waals surface area (Å²) >= 11 is 8.97. The lowest BCUT2D eigenvalue weighted by atomic mass is 10.1. The Morgan fingerprint density at radius 3 is 2.53 bits per heavy atom. The fraction of sp³-hybridized carbons (Fsp3) is 0.538. The van der Waals surface area contributed by atoms with Crippen LogP contribution in [0, 0.1) is 0 Å². The average molecular weight is 381 g/mol. The van der Waals surface area contributed by atoms with E-state index in [1.165, 1.54) is 5.56 Å². The lowest BCUT2D eigenvalue weighted by Gasteiger charge is -2.25. The van der Waals surface area contributed by atoms with Crippen LogP contribution in [0.15, 0.2) is 27.1 Å². The van der Waals surface area contributed by atoms with Gasteiger partial charge < -0.3 is 5.32 Å². The highest BCUT2D eigenvalue weighted by Crippen LogP contribution is 2.28. The highest BCUT2D eigenvalue weighted by atomic mass is 79.9. The van der Waals surface area contributed by atoms with Gasteiger partial charge in [0.05, 0.1) is 0 Å². The van der Waals surface area contributed by atoms with Crippen LogP contribution >= 0.6 is 43.6 Å². The third kappa shape index (κ3) is 4.93. The van der Waals surface area contributed by atoms with Crippen molar-refractivity contribution in [2.75, 3.05) is 12.8 Å². The molecular weight excluding hydrogens is 362 g/mol. The first-order valence-electron chi connectivity index (χ1n) is 5.59. The second kappa shape index (κ2) is 6.60. The highest BCUT2D eigenvalue weighted by molar-refractivity contribution is 9.11. The number of halogens is 2. The monoisotopic (exact) mass is 379 g/mol. The summed E-state index contributed by atoms with van der Waals surface area (Å²) in [6.07, 6.45) is 2.15. The second-order valence-electron chi connectivity index (χ2n) is 4.73. The summed E-state index contributed by atoms with van der Waals surface area (Å²) in [5.74, 6) is 0. The van der Waals surface area contributed by atoms with Gasteiger partial charge in [-0.2, -0.15) is 11.8 Å². The molecule has 1 nitrogen and oxygen atoms in total. The molecule has 1 unspecified atom stereocenters. The van der Waals surface area contributed by atoms with Crippen molar-refractivity contribution in [1.29, 1.82) is 0 Å². The van der Waals surface area contributed by atoms with E-state index in [0.717, 1.165) is 15.5 Å². The van der Waals surface area contributed by atoms with Gasteiger partial charge in [0, 0.05) is 26.3 Å². The first-order valence-corrected chi connectivity index (χ1v) is 8.40. The van der Waals surface area contributed by atoms with Crippen LogP contribution < -0.4 is 5.32 Å². The predicted octanol–water partition coefficient (Wildman–Crippen LogP) is 5.00. The Morgan fingerprint density at radius 1 is 1.35 bits per heavy atom. The van der Waals surface area contributed by atoms with Gasteiger partial charge >= 0.3 is 0 Å². The molecule has 96 valence electrons. The molecule has 0 heterocycles. The molecule has 17 heavy (non-hydrogen) atoms. The normalized spacial score (nSPS) is 13.8. The van der Waals surface area contributed by atoms with Gasteiger partial charge in [-0.25, -0.2) is 0 Å². The largest absolute Gasteiger partial charge is 0.309 e. The molecule has 1 rings (SSSR count). The molecule has 1 atom stereocenters. The highest BCUT2D eigenvalue weighted by Gasteiger charge is 2.18. The molecule has 0 amide bonds. The molecular formula is C13H19Br2NS. The van der Waals surface area contributed by atoms with Gasteiger partial charge in [0.15, 0.2) is 0 Å². The first kappa shape index (κ1) is 15.5. The Labute approximate surface area is 125 Å². The van der Waals surface area contributed by atoms with Crippen molar-refractivity contribution < 1.29 is 0 Å². The quantitative estimate of drug-likeness (QED) is 0.770. The third-order valence-corrected chi connectivity index (χ3v) is 5.25. The SMILES string of the molecule is CSC(C)(C)CNC(C)c1ccc(Br)cc1Br. The van der Waals surface area contributed by atoms with Crippen LogP contribution in [0.1, 0.15) is 32.4 Å². The molecule has 0 radical (unpaired) electrons. The van der Waals surface area contributed by atoms with Crippen LogP contribution in [0.3, 0.4) is 0 Å². The minimum absolute atomic E-state index is 0.274. The van der Waals surface area contributed by atoms with E-state index in [-0.39, 0.29) is 4.75 Å². The van der Waals surface area contributed by atoms with Crippen LogP contribution in [-0.2, 0) is 0 Å². The smallest absolute Gasteiger partial charge is 0.0303 e. The van der Waals surface area contributed by atoms with Crippen LogP contribution in [0.5, 0.6) is 0 Å². The van der Waals surface area contributed by atoms with Crippen molar-refractivity contribution in [3.63, 3.8) is 0 Å². The lowest BCUT2D eigenvalue weighted by Crippen LogP contribution is -2.33. The zero-order valence-electron chi connectivity index (χ0n) is 10.7. The summed E-state index contributed by atoms with van der Waals surface area (Å²) in [5, 5.41) is 3.58. The van der Waals surface area contributed by atoms with E-state index in [1.807, 2.05) is 11.8 Å². The summed E-state index contributed by atoms with van der Waals surface area (Å²) in [6, 6.07) is 6.67. The molecule has 0 fully saturated rings. The molecule has 0 spiro atoms. The zero-order chi connectivity index (χ0) is 13.1. The number of benzene rings is 1. The Morgan fingerprint density at radius 2 is 2.00 bits per heavy atom. The summed E-state index contributed by atoms with van der Waals surface area (Å²) in [6.45, 7) is 7.71. The lowest BCUT2D eigenvalue weighted by molar-refractivity contribution is 0.521. The number of nitrogens with one attached hydrogen (secondary N) is 1. The van der Waals surface area contributed by atoms with Crippen LogP contribution in [0.25, 0.3) is 0 Å². The van der Waals surface area contributed by atoms with Crippen molar-refractivity contribution >= 4 is 43.6 Å². The van der Waals surface area contributed by atoms with Gasteiger partial charge in [-0.1, -0.05) is 37.9 Å². The Balaban J connectivity index is 2.67. The summed E-state index contributed by atoms with van der Waals surface area (Å²) < 4.78 is 2.52. The number of thioether (sulfide) groups is 1. The Hall–Kier alpha value is 0.490. The van der Waals surface area contributed by atoms with Crippen LogP contribution in [-0.4, -0.2) is 17.5 Å². The maximum Gasteiger partial charge on any atom is 0.0303 e. The van der Waals surface area contributed by atoms with Gasteiger partial charge in [0.25, 0.3) is 0 Å². The van der Waals surface area contributed by atoms with Gasteiger partial charge in [0.2, 0.25) is 0 Å². The van der Waals surface area contributed by atoms with Crippen molar-refractivity contribution in [2.24, 2.45) is 0 Å². The third-order valence-electron chi connectivity index (χ3n) is 2.82. The van der Waals surface area contributed by atoms with E-state index in [0.29, 0.717) is 6.04 Å². The molecule has 1 aromatic carbocycles. The second-order valence-corrected chi connectivity index (χ2v) is 8.02. The van der Waals surface area contributed by atoms with Crippen LogP contribution in [0.4, 0.5) is 0 Å². The van der Waals surface area contributed by atoms with Crippen molar-refractivity contribution in [2.45, 2.75) is 31.6 Å². The number of hydrogen-bond donors (Lipinski definition) is 1. The minimum Gasteiger partial charge on any atom is -0.309 e. The molecule has 0 aliphatic heterocycles. The number of hydrogen-bond acceptors (Lipinski definition) is 2. The molecule has 0 saturated heterocycles. The summed E-state index contributed by atoms with van der Waals surface area (Å²) in [7, 11) is 0. The fourth-order valence-electron chi connectivity index (χ4n) is 1.43. The molecule has 0 aliphatic carbocycles. The fourth-order valence-corrected chi connectivity index (χ4v) is 3.05. The standard InChI is InChI=1S/C13H19Br2NS/c1-9(16-8-13(2,3)17-4)11-6-5-10(14)7-12(11)15/h5-7,9,16H,8H2,1-4H3. The van der Waals surface area contributed by atoms with Gasteiger partial charge in [-0.15, -0.1) is 0 Å². The molecule has 0 saturated carbocycles. The predicted molar refractivity (Wildman–Crippen MR) is 85.9 cm³/mol. The molecule has 1 N–H and O–H groups in total. The number of rotatable bonds is 5. The van der Waals surface area contributed by atoms with E-state index in [1.54, 1.807) is 0 Å². The molecule has 1 aromatic rings. The van der Waals surface area contributed by atoms with E-state index in [9.17, 15) is 0 Å². The van der Waals surface area contributed by atoms with Crippen molar-refractivity contribution in [3.8, 4) is 0 Å². The Bertz CT molecular complexity index is 380. The minimum atomic E-state index is 0.274. The van der Waals surface area contributed by atoms with Gasteiger partial charge in [0.1, 0.15) is 0 Å². The van der Waals surface area contributed by atoms with Gasteiger partial charge in [-0.05, 0) is 44.7 Å². The Kier molecular flexibility index (Phi) is 6.03. The first-order chi connectivity index (χ1) is 7.85. The van der Waals surface area contributed by atoms with Crippen molar-refractivity contribution in [1.82, 2.24) is 5.32 Å². The maximum absolute atomic E-state index is 3.61. The van der Waals surface area contributed by atoms with E-state index in [4.69, 9.17) is 0 Å². The average Bonchev–Trinajstić information content (AvgIpc) is 2.26. The molecule has 4 heteroatoms. The molecule has 0 aromatic heterocycles. The molecule has 0 bridgehead atoms.